The van der Waals surface area contributed by atoms with E-state index in [0.29, 0.717) is 0 Å². The average molecular weight is 444 g/mol. The highest BCUT2D eigenvalue weighted by molar-refractivity contribution is 7.66. The largest absolute Gasteiger partial charge is 0.490 e. The van der Waals surface area contributed by atoms with Gasteiger partial charge in [0.05, 0.1) is 13.2 Å². The predicted octanol–water partition coefficient (Wildman–Crippen LogP) is -1.16. The molecule has 0 saturated carbocycles. The lowest BCUT2D eigenvalue weighted by molar-refractivity contribution is -0.853. The summed E-state index contributed by atoms with van der Waals surface area (Å²) in [4.78, 5) is 47.1. The molecule has 1 amide bonds. The van der Waals surface area contributed by atoms with Gasteiger partial charge in [-0.25, -0.2) is 18.5 Å². The molecule has 2 unspecified atom stereocenters. The zero-order valence-corrected chi connectivity index (χ0v) is 16.0. The molecule has 0 aromatic carbocycles. The predicted molar refractivity (Wildman–Crippen MR) is 84.1 cm³/mol. The van der Waals surface area contributed by atoms with Gasteiger partial charge >= 0.3 is 29.4 Å². The van der Waals surface area contributed by atoms with Crippen LogP contribution in [0.5, 0.6) is 0 Å². The first kappa shape index (κ1) is 25.7. The van der Waals surface area contributed by atoms with Crippen molar-refractivity contribution in [3.05, 3.63) is 12.7 Å². The zero-order chi connectivity index (χ0) is 20.6. The Balaban J connectivity index is 5.04. The van der Waals surface area contributed by atoms with Gasteiger partial charge in [0.15, 0.2) is 0 Å². The number of phosphoric acid groups is 3. The Morgan fingerprint density at radius 1 is 0.923 bits per heavy atom. The minimum atomic E-state index is -5.64. The molecule has 0 spiro atoms. The molecule has 0 aromatic heterocycles. The molecular formula is C9H21NO13P3+. The Kier molecular flexibility index (Phi) is 10.2. The van der Waals surface area contributed by atoms with E-state index in [2.05, 4.69) is 19.7 Å². The highest BCUT2D eigenvalue weighted by atomic mass is 31.3. The van der Waals surface area contributed by atoms with E-state index in [9.17, 15) is 23.4 Å². The number of rotatable bonds is 13. The van der Waals surface area contributed by atoms with Gasteiger partial charge in [-0.3, -0.25) is 9.01 Å². The summed E-state index contributed by atoms with van der Waals surface area (Å²) in [6.45, 7) is 0.840. The van der Waals surface area contributed by atoms with Crippen LogP contribution in [-0.4, -0.2) is 79.6 Å². The summed E-state index contributed by atoms with van der Waals surface area (Å²) in [5.41, 5.74) is 0. The third-order valence-corrected chi connectivity index (χ3v) is 6.72. The van der Waals surface area contributed by atoms with Crippen LogP contribution in [0.25, 0.3) is 0 Å². The number of nitrogens with zero attached hydrogens (tertiary/aromatic N) is 1. The van der Waals surface area contributed by atoms with Crippen molar-refractivity contribution >= 4 is 29.4 Å². The molecule has 0 saturated heterocycles. The minimum absolute atomic E-state index is 0.189. The first-order chi connectivity index (χ1) is 11.7. The molecule has 0 radical (unpaired) electrons. The number of carbonyl (C=O) groups is 1. The van der Waals surface area contributed by atoms with E-state index in [1.807, 2.05) is 0 Å². The number of hydrogen-bond acceptors (Lipinski definition) is 9. The van der Waals surface area contributed by atoms with Gasteiger partial charge in [0, 0.05) is 6.08 Å². The fourth-order valence-corrected chi connectivity index (χ4v) is 4.88. The van der Waals surface area contributed by atoms with E-state index in [-0.39, 0.29) is 19.6 Å². The number of carbonyl (C=O) groups excluding carboxylic acids is 1. The SMILES string of the molecule is C=CC(=O)[N+](CCO)(CCO)CCOP(=O)(O)OP(=O)(O)OP(=O)(O)O. The number of phosphoric ester groups is 1. The Hall–Kier alpha value is -0.300. The van der Waals surface area contributed by atoms with Gasteiger partial charge in [-0.1, -0.05) is 6.58 Å². The summed E-state index contributed by atoms with van der Waals surface area (Å²) in [7, 11) is -16.5. The maximum absolute atomic E-state index is 12.0. The fraction of sp³-hybridized carbons (Fsp3) is 0.667. The van der Waals surface area contributed by atoms with Crippen LogP contribution in [0.15, 0.2) is 12.7 Å². The zero-order valence-electron chi connectivity index (χ0n) is 13.4. The maximum Gasteiger partial charge on any atom is 0.490 e. The minimum Gasteiger partial charge on any atom is -0.390 e. The number of aliphatic hydroxyl groups excluding tert-OH is 2. The van der Waals surface area contributed by atoms with Gasteiger partial charge in [0.2, 0.25) is 0 Å². The van der Waals surface area contributed by atoms with Crippen LogP contribution in [0.2, 0.25) is 0 Å². The molecule has 154 valence electrons. The quantitative estimate of drug-likeness (QED) is 0.112. The van der Waals surface area contributed by atoms with E-state index in [4.69, 9.17) is 24.9 Å². The van der Waals surface area contributed by atoms with Crippen LogP contribution in [0.1, 0.15) is 0 Å². The van der Waals surface area contributed by atoms with Crippen molar-refractivity contribution in [2.75, 3.05) is 39.5 Å². The van der Waals surface area contributed by atoms with Crippen molar-refractivity contribution in [1.29, 1.82) is 0 Å². The average Bonchev–Trinajstić information content (AvgIpc) is 2.42. The van der Waals surface area contributed by atoms with Crippen molar-refractivity contribution < 1.29 is 65.9 Å². The molecule has 0 aliphatic rings. The molecule has 14 nitrogen and oxygen atoms in total. The topological polar surface area (TPSA) is 217 Å². The number of aliphatic hydroxyl groups is 2. The van der Waals surface area contributed by atoms with E-state index < -0.39 is 53.7 Å². The number of hydrogen-bond donors (Lipinski definition) is 6. The molecule has 2 atom stereocenters. The lowest BCUT2D eigenvalue weighted by atomic mass is 10.3. The van der Waals surface area contributed by atoms with Gasteiger partial charge in [0.1, 0.15) is 26.2 Å². The van der Waals surface area contributed by atoms with Crippen LogP contribution in [0.3, 0.4) is 0 Å². The second kappa shape index (κ2) is 10.3. The highest BCUT2D eigenvalue weighted by Gasteiger charge is 2.41. The molecular weight excluding hydrogens is 423 g/mol. The first-order valence-electron chi connectivity index (χ1n) is 6.76. The van der Waals surface area contributed by atoms with Crippen molar-refractivity contribution in [2.24, 2.45) is 0 Å². The second-order valence-corrected chi connectivity index (χ2v) is 9.15. The van der Waals surface area contributed by atoms with Gasteiger partial charge in [-0.15, -0.1) is 0 Å². The fourth-order valence-electron chi connectivity index (χ4n) is 1.88. The van der Waals surface area contributed by atoms with Gasteiger partial charge in [0.25, 0.3) is 0 Å². The standard InChI is InChI=1S/C9H20NO13P3/c1-2-9(13)10(3-6-11,4-7-12)5-8-21-25(17,18)23-26(19,20)22-24(14,15)16/h2,11-12H,1,3-8H2,(H3-,14,15,16,17,18,19,20)/p+1. The molecule has 0 aromatic rings. The molecule has 0 bridgehead atoms. The Bertz CT molecular complexity index is 624. The third-order valence-electron chi connectivity index (χ3n) is 2.89. The van der Waals surface area contributed by atoms with Crippen molar-refractivity contribution in [2.45, 2.75) is 0 Å². The lowest BCUT2D eigenvalue weighted by Gasteiger charge is -2.33. The second-order valence-electron chi connectivity index (χ2n) is 4.73. The first-order valence-corrected chi connectivity index (χ1v) is 11.3. The molecule has 0 fully saturated rings. The van der Waals surface area contributed by atoms with Crippen LogP contribution < -0.4 is 0 Å². The van der Waals surface area contributed by atoms with Crippen molar-refractivity contribution in [3.8, 4) is 0 Å². The third kappa shape index (κ3) is 9.58. The Morgan fingerprint density at radius 2 is 1.42 bits per heavy atom. The molecule has 6 N–H and O–H groups in total. The maximum atomic E-state index is 12.0. The van der Waals surface area contributed by atoms with Gasteiger partial charge in [-0.2, -0.15) is 8.62 Å². The summed E-state index contributed by atoms with van der Waals surface area (Å²) in [6, 6.07) is 0. The van der Waals surface area contributed by atoms with E-state index in [1.165, 1.54) is 0 Å². The Morgan fingerprint density at radius 3 is 1.81 bits per heavy atom. The summed E-state index contributed by atoms with van der Waals surface area (Å²) < 4.78 is 44.1. The van der Waals surface area contributed by atoms with E-state index in [1.54, 1.807) is 0 Å². The molecule has 17 heteroatoms. The Labute approximate surface area is 148 Å². The summed E-state index contributed by atoms with van der Waals surface area (Å²) in [5, 5.41) is 18.2. The monoisotopic (exact) mass is 444 g/mol. The van der Waals surface area contributed by atoms with E-state index in [0.717, 1.165) is 6.08 Å². The van der Waals surface area contributed by atoms with Crippen LogP contribution in [0.4, 0.5) is 0 Å². The van der Waals surface area contributed by atoms with Crippen LogP contribution in [-0.2, 0) is 31.6 Å². The smallest absolute Gasteiger partial charge is 0.390 e. The van der Waals surface area contributed by atoms with Gasteiger partial charge in [-0.05, 0) is 0 Å². The van der Waals surface area contributed by atoms with Crippen LogP contribution in [0, 0.1) is 0 Å². The highest BCUT2D eigenvalue weighted by Crippen LogP contribution is 2.66. The lowest BCUT2D eigenvalue weighted by Crippen LogP contribution is -2.56. The molecule has 0 heterocycles. The molecule has 0 rings (SSSR count). The van der Waals surface area contributed by atoms with Crippen molar-refractivity contribution in [3.63, 3.8) is 0 Å². The number of quaternary nitrogens is 1. The molecule has 26 heavy (non-hydrogen) atoms. The summed E-state index contributed by atoms with van der Waals surface area (Å²) in [6.07, 6.45) is 0.913. The van der Waals surface area contributed by atoms with E-state index >= 15 is 0 Å². The van der Waals surface area contributed by atoms with Crippen molar-refractivity contribution in [1.82, 2.24) is 0 Å². The summed E-state index contributed by atoms with van der Waals surface area (Å²) in [5.74, 6) is -0.636. The molecule has 0 aliphatic carbocycles. The number of amides is 1. The van der Waals surface area contributed by atoms with Crippen LogP contribution >= 0.6 is 23.5 Å². The normalized spacial score (nSPS) is 17.3. The summed E-state index contributed by atoms with van der Waals surface area (Å²) >= 11 is 0. The van der Waals surface area contributed by atoms with Gasteiger partial charge < -0.3 is 29.8 Å². The molecule has 0 aliphatic heterocycles.